The van der Waals surface area contributed by atoms with Crippen LogP contribution in [0.4, 0.5) is 0 Å². The summed E-state index contributed by atoms with van der Waals surface area (Å²) >= 11 is 0. The number of rotatable bonds is 1. The van der Waals surface area contributed by atoms with E-state index >= 15 is 0 Å². The van der Waals surface area contributed by atoms with E-state index in [9.17, 15) is 4.79 Å². The highest BCUT2D eigenvalue weighted by Crippen LogP contribution is 2.44. The van der Waals surface area contributed by atoms with Gasteiger partial charge in [-0.1, -0.05) is 35.5 Å². The van der Waals surface area contributed by atoms with Gasteiger partial charge in [0.25, 0.3) is 0 Å². The van der Waals surface area contributed by atoms with Gasteiger partial charge in [0.05, 0.1) is 11.7 Å². The van der Waals surface area contributed by atoms with Crippen LogP contribution in [0.2, 0.25) is 0 Å². The zero-order valence-corrected chi connectivity index (χ0v) is 14.6. The molecule has 1 saturated heterocycles. The third-order valence-electron chi connectivity index (χ3n) is 5.08. The van der Waals surface area contributed by atoms with E-state index in [4.69, 9.17) is 4.74 Å². The molecule has 2 nitrogen and oxygen atoms in total. The number of ether oxygens (including phenoxy) is 1. The maximum absolute atomic E-state index is 12.7. The number of hydrogen-bond donors (Lipinski definition) is 0. The summed E-state index contributed by atoms with van der Waals surface area (Å²) in [7, 11) is 0. The van der Waals surface area contributed by atoms with Crippen LogP contribution >= 0.6 is 0 Å². The molecule has 1 aliphatic heterocycles. The molecule has 1 heterocycles. The van der Waals surface area contributed by atoms with Crippen LogP contribution in [0.25, 0.3) is 0 Å². The quantitative estimate of drug-likeness (QED) is 0.495. The van der Waals surface area contributed by atoms with E-state index in [1.54, 1.807) is 0 Å². The fourth-order valence-corrected chi connectivity index (χ4v) is 3.32. The van der Waals surface area contributed by atoms with Gasteiger partial charge in [-0.2, -0.15) is 0 Å². The normalized spacial score (nSPS) is 38.8. The smallest absolute Gasteiger partial charge is 0.143 e. The van der Waals surface area contributed by atoms with Gasteiger partial charge in [-0.15, -0.1) is 0 Å². The lowest BCUT2D eigenvalue weighted by Crippen LogP contribution is -2.23. The van der Waals surface area contributed by atoms with Crippen LogP contribution in [0, 0.1) is 5.92 Å². The predicted octanol–water partition coefficient (Wildman–Crippen LogP) is 5.15. The number of Topliss-reactive ketones (excluding diaryl/α,β-unsaturated/α-hetero) is 1. The largest absolute Gasteiger partial charge is 0.366 e. The summed E-state index contributed by atoms with van der Waals surface area (Å²) in [6.07, 6.45) is 10.4. The number of fused-ring (bicyclic) bond motifs is 1. The molecule has 0 radical (unpaired) electrons. The van der Waals surface area contributed by atoms with Crippen LogP contribution in [0.3, 0.4) is 0 Å². The minimum absolute atomic E-state index is 0.0585. The number of allylic oxidation sites excluding steroid dienone is 5. The second-order valence-corrected chi connectivity index (χ2v) is 7.38. The first-order valence-corrected chi connectivity index (χ1v) is 8.49. The van der Waals surface area contributed by atoms with Crippen molar-refractivity contribution in [1.82, 2.24) is 0 Å². The molecular formula is C20H30O2. The lowest BCUT2D eigenvalue weighted by atomic mass is 9.85. The lowest BCUT2D eigenvalue weighted by Gasteiger charge is -2.17. The maximum atomic E-state index is 12.7. The third-order valence-corrected chi connectivity index (χ3v) is 5.08. The molecule has 2 heteroatoms. The molecule has 0 saturated carbocycles. The van der Waals surface area contributed by atoms with E-state index in [0.29, 0.717) is 6.42 Å². The Balaban J connectivity index is 2.15. The van der Waals surface area contributed by atoms with Crippen molar-refractivity contribution >= 4 is 5.78 Å². The van der Waals surface area contributed by atoms with Gasteiger partial charge in [0.2, 0.25) is 0 Å². The second-order valence-electron chi connectivity index (χ2n) is 7.38. The zero-order valence-electron chi connectivity index (χ0n) is 14.6. The summed E-state index contributed by atoms with van der Waals surface area (Å²) in [5.74, 6) is 0.225. The Morgan fingerprint density at radius 1 is 1.27 bits per heavy atom. The van der Waals surface area contributed by atoms with Gasteiger partial charge in [-0.25, -0.2) is 0 Å². The molecule has 22 heavy (non-hydrogen) atoms. The van der Waals surface area contributed by atoms with Crippen LogP contribution in [-0.2, 0) is 9.53 Å². The van der Waals surface area contributed by atoms with Crippen LogP contribution < -0.4 is 0 Å². The Morgan fingerprint density at radius 3 is 2.64 bits per heavy atom. The summed E-state index contributed by atoms with van der Waals surface area (Å²) in [4.78, 5) is 12.7. The molecule has 0 spiro atoms. The average molecular weight is 302 g/mol. The van der Waals surface area contributed by atoms with E-state index in [2.05, 4.69) is 39.5 Å². The Morgan fingerprint density at radius 2 is 1.95 bits per heavy atom. The summed E-state index contributed by atoms with van der Waals surface area (Å²) in [5.41, 5.74) is 3.53. The first-order chi connectivity index (χ1) is 10.3. The molecule has 0 aromatic heterocycles. The molecule has 0 bridgehead atoms. The highest BCUT2D eigenvalue weighted by molar-refractivity contribution is 5.85. The van der Waals surface area contributed by atoms with Crippen molar-refractivity contribution in [1.29, 1.82) is 0 Å². The van der Waals surface area contributed by atoms with E-state index in [1.807, 2.05) is 6.92 Å². The molecule has 1 aliphatic carbocycles. The van der Waals surface area contributed by atoms with Crippen molar-refractivity contribution in [2.75, 3.05) is 0 Å². The van der Waals surface area contributed by atoms with Crippen molar-refractivity contribution in [3.63, 3.8) is 0 Å². The first kappa shape index (κ1) is 17.2. The van der Waals surface area contributed by atoms with Crippen molar-refractivity contribution in [3.8, 4) is 0 Å². The van der Waals surface area contributed by atoms with Crippen LogP contribution in [0.5, 0.6) is 0 Å². The Bertz CT molecular complexity index is 512. The van der Waals surface area contributed by atoms with Gasteiger partial charge < -0.3 is 4.74 Å². The van der Waals surface area contributed by atoms with Crippen LogP contribution in [-0.4, -0.2) is 17.5 Å². The van der Waals surface area contributed by atoms with Crippen molar-refractivity contribution < 1.29 is 9.53 Å². The molecule has 3 atom stereocenters. The third kappa shape index (κ3) is 4.42. The van der Waals surface area contributed by atoms with Crippen molar-refractivity contribution in [3.05, 3.63) is 35.5 Å². The van der Waals surface area contributed by atoms with Crippen LogP contribution in [0.1, 0.15) is 66.2 Å². The van der Waals surface area contributed by atoms with Gasteiger partial charge in [0, 0.05) is 12.3 Å². The molecule has 2 rings (SSSR count). The molecule has 0 amide bonds. The van der Waals surface area contributed by atoms with Gasteiger partial charge in [-0.3, -0.25) is 4.79 Å². The molecule has 1 fully saturated rings. The molecule has 0 aromatic rings. The van der Waals surface area contributed by atoms with Crippen molar-refractivity contribution in [2.24, 2.45) is 5.92 Å². The topological polar surface area (TPSA) is 29.6 Å². The Labute approximate surface area is 135 Å². The standard InChI is InChI=1S/C20H30O2/c1-14(2)17-11-9-15(3)7-6-8-16(4)10-12-19-20(5,22-19)13-18(17)21/h8-9,17,19H,1,6-7,10-13H2,2-5H3/b15-9+,16-8+. The Hall–Kier alpha value is -1.15. The van der Waals surface area contributed by atoms with Gasteiger partial charge >= 0.3 is 0 Å². The minimum Gasteiger partial charge on any atom is -0.366 e. The molecule has 0 N–H and O–H groups in total. The molecule has 0 aromatic carbocycles. The summed E-state index contributed by atoms with van der Waals surface area (Å²) < 4.78 is 5.86. The fourth-order valence-electron chi connectivity index (χ4n) is 3.32. The van der Waals surface area contributed by atoms with Crippen molar-refractivity contribution in [2.45, 2.75) is 77.9 Å². The average Bonchev–Trinajstić information content (AvgIpc) is 3.05. The zero-order chi connectivity index (χ0) is 16.3. The lowest BCUT2D eigenvalue weighted by molar-refractivity contribution is -0.122. The number of ketones is 1. The molecule has 2 aliphatic rings. The highest BCUT2D eigenvalue weighted by Gasteiger charge is 2.53. The van der Waals surface area contributed by atoms with E-state index in [0.717, 1.165) is 37.7 Å². The molecule has 122 valence electrons. The molecule has 3 unspecified atom stereocenters. The van der Waals surface area contributed by atoms with E-state index in [-0.39, 0.29) is 23.4 Å². The summed E-state index contributed by atoms with van der Waals surface area (Å²) in [6, 6.07) is 0. The Kier molecular flexibility index (Phi) is 5.44. The number of carbonyl (C=O) groups excluding carboxylic acids is 1. The number of epoxide rings is 1. The highest BCUT2D eigenvalue weighted by atomic mass is 16.6. The first-order valence-electron chi connectivity index (χ1n) is 8.49. The van der Waals surface area contributed by atoms with Gasteiger partial charge in [-0.05, 0) is 59.8 Å². The minimum atomic E-state index is -0.242. The monoisotopic (exact) mass is 302 g/mol. The number of hydrogen-bond acceptors (Lipinski definition) is 2. The van der Waals surface area contributed by atoms with Gasteiger partial charge in [0.15, 0.2) is 0 Å². The van der Waals surface area contributed by atoms with E-state index < -0.39 is 0 Å². The van der Waals surface area contributed by atoms with Gasteiger partial charge in [0.1, 0.15) is 5.78 Å². The summed E-state index contributed by atoms with van der Waals surface area (Å²) in [5, 5.41) is 0. The fraction of sp³-hybridized carbons (Fsp3) is 0.650. The predicted molar refractivity (Wildman–Crippen MR) is 91.8 cm³/mol. The molecular weight excluding hydrogens is 272 g/mol. The second kappa shape index (κ2) is 6.95. The van der Waals surface area contributed by atoms with E-state index in [1.165, 1.54) is 11.1 Å². The summed E-state index contributed by atoms with van der Waals surface area (Å²) in [6.45, 7) is 12.4. The van der Waals surface area contributed by atoms with Crippen LogP contribution in [0.15, 0.2) is 35.5 Å². The SMILES string of the molecule is C=C(C)C1C/C=C(\C)CC/C=C(\C)CCC2OC2(C)CC1=O. The maximum Gasteiger partial charge on any atom is 0.143 e. The number of carbonyl (C=O) groups is 1.